The molecule has 9 heavy (non-hydrogen) atoms. The summed E-state index contributed by atoms with van der Waals surface area (Å²) in [5, 5.41) is 0. The molecule has 0 rings (SSSR count). The second kappa shape index (κ2) is 12.0. The molecule has 0 aromatic rings. The van der Waals surface area contributed by atoms with Gasteiger partial charge in [-0.05, 0) is 0 Å². The molecule has 0 aliphatic rings. The van der Waals surface area contributed by atoms with E-state index in [1.165, 1.54) is 0 Å². The van der Waals surface area contributed by atoms with E-state index in [1.807, 2.05) is 0 Å². The van der Waals surface area contributed by atoms with Gasteiger partial charge in [-0.25, -0.2) is 0 Å². The van der Waals surface area contributed by atoms with Gasteiger partial charge in [0, 0.05) is 10.4 Å². The molecule has 0 N–H and O–H groups in total. The first-order valence-electron chi connectivity index (χ1n) is 0.667. The van der Waals surface area contributed by atoms with Gasteiger partial charge in [0.2, 0.25) is 0 Å². The number of hydrogen-bond acceptors (Lipinski definition) is 4. The fraction of sp³-hybridized carbons (Fsp3) is 0. The molecule has 0 bridgehead atoms. The fourth-order valence-electron chi connectivity index (χ4n) is 0. The van der Waals surface area contributed by atoms with Crippen LogP contribution in [0.1, 0.15) is 0 Å². The average molecular weight is 229 g/mol. The van der Waals surface area contributed by atoms with Crippen molar-refractivity contribution in [3.05, 3.63) is 0 Å². The van der Waals surface area contributed by atoms with Crippen molar-refractivity contribution in [2.75, 3.05) is 0 Å². The van der Waals surface area contributed by atoms with Crippen LogP contribution in [-0.2, 0) is 10.4 Å². The van der Waals surface area contributed by atoms with Crippen LogP contribution in [0.5, 0.6) is 0 Å². The minimum absolute atomic E-state index is 0. The monoisotopic (exact) mass is 228 g/mol. The zero-order chi connectivity index (χ0) is 4.50. The largest absolute Gasteiger partial charge is 3.00 e. The summed E-state index contributed by atoms with van der Waals surface area (Å²) in [7, 11) is -5.17. The summed E-state index contributed by atoms with van der Waals surface area (Å²) in [6.07, 6.45) is 0. The predicted molar refractivity (Wildman–Crippen MR) is 16.2 cm³/mol. The van der Waals surface area contributed by atoms with Crippen molar-refractivity contribution in [2.24, 2.45) is 0 Å². The van der Waals surface area contributed by atoms with Crippen molar-refractivity contribution in [1.29, 1.82) is 0 Å². The van der Waals surface area contributed by atoms with Gasteiger partial charge in [-0.15, -0.1) is 0 Å². The van der Waals surface area contributed by atoms with Gasteiger partial charge in [-0.1, -0.05) is 0 Å². The molecule has 0 saturated heterocycles. The third kappa shape index (κ3) is 303. The molecule has 0 aliphatic heterocycles. The van der Waals surface area contributed by atoms with Gasteiger partial charge in [0.1, 0.15) is 0 Å². The quantitative estimate of drug-likeness (QED) is 0.235. The fourth-order valence-corrected chi connectivity index (χ4v) is 0. The van der Waals surface area contributed by atoms with Crippen LogP contribution in [0.4, 0.5) is 0 Å². The van der Waals surface area contributed by atoms with E-state index >= 15 is 0 Å². The number of hydrogen-bond donors (Lipinski definition) is 0. The normalized spacial score (nSPS) is 6.44. The third-order valence-corrected chi connectivity index (χ3v) is 0. The molecular formula is AlCl3O4S-2. The second-order valence-electron chi connectivity index (χ2n) is 0.408. The van der Waals surface area contributed by atoms with Gasteiger partial charge >= 0.3 is 17.4 Å². The van der Waals surface area contributed by atoms with E-state index in [0.29, 0.717) is 0 Å². The van der Waals surface area contributed by atoms with Crippen LogP contribution in [-0.4, -0.2) is 34.9 Å². The zero-order valence-corrected chi connectivity index (χ0v) is 7.99. The van der Waals surface area contributed by atoms with Crippen molar-refractivity contribution < 1.29 is 54.7 Å². The summed E-state index contributed by atoms with van der Waals surface area (Å²) >= 11 is 0. The molecule has 0 heterocycles. The topological polar surface area (TPSA) is 80.3 Å². The smallest absolute Gasteiger partial charge is 1.00 e. The zero-order valence-electron chi connectivity index (χ0n) is 3.75. The van der Waals surface area contributed by atoms with Crippen LogP contribution in [0.3, 0.4) is 0 Å². The number of rotatable bonds is 0. The van der Waals surface area contributed by atoms with Crippen molar-refractivity contribution in [3.8, 4) is 0 Å². The third-order valence-electron chi connectivity index (χ3n) is 0. The Hall–Kier alpha value is 1.27. The molecule has 0 atom stereocenters. The molecule has 0 aromatic carbocycles. The minimum Gasteiger partial charge on any atom is -1.00 e. The Morgan fingerprint density at radius 3 is 0.889 bits per heavy atom. The Balaban J connectivity index is -0.0000000133. The Morgan fingerprint density at radius 1 is 0.889 bits per heavy atom. The van der Waals surface area contributed by atoms with Crippen LogP contribution < -0.4 is 37.2 Å². The SMILES string of the molecule is O=S(=O)([O-])[O-].[Al+3].[Cl-].[Cl-].[Cl-]. The van der Waals surface area contributed by atoms with E-state index < -0.39 is 10.4 Å². The molecule has 56 valence electrons. The first kappa shape index (κ1) is 31.8. The van der Waals surface area contributed by atoms with E-state index in [2.05, 4.69) is 0 Å². The molecule has 0 unspecified atom stereocenters. The maximum absolute atomic E-state index is 8.52. The Kier molecular flexibility index (Phi) is 42.4. The van der Waals surface area contributed by atoms with Crippen LogP contribution >= 0.6 is 0 Å². The molecule has 0 saturated carbocycles. The average Bonchev–Trinajstić information content (AvgIpc) is 0.722. The van der Waals surface area contributed by atoms with Crippen molar-refractivity contribution in [3.63, 3.8) is 0 Å². The van der Waals surface area contributed by atoms with Crippen LogP contribution in [0.15, 0.2) is 0 Å². The molecule has 0 spiro atoms. The first-order chi connectivity index (χ1) is 2.00. The van der Waals surface area contributed by atoms with E-state index in [4.69, 9.17) is 17.5 Å². The van der Waals surface area contributed by atoms with Crippen LogP contribution in [0.25, 0.3) is 0 Å². The summed E-state index contributed by atoms with van der Waals surface area (Å²) in [6.45, 7) is 0. The van der Waals surface area contributed by atoms with E-state index in [0.717, 1.165) is 0 Å². The number of halogens is 3. The van der Waals surface area contributed by atoms with E-state index in [9.17, 15) is 0 Å². The van der Waals surface area contributed by atoms with E-state index in [-0.39, 0.29) is 54.6 Å². The summed E-state index contributed by atoms with van der Waals surface area (Å²) < 4.78 is 34.1. The Bertz CT molecular complexity index is 99.0. The molecule has 0 amide bonds. The van der Waals surface area contributed by atoms with Gasteiger partial charge in [0.15, 0.2) is 0 Å². The summed E-state index contributed by atoms with van der Waals surface area (Å²) in [5.74, 6) is 0. The standard InChI is InChI=1S/Al.3ClH.H2O4S/c;;;;1-5(2,3)4/h;3*1H;(H2,1,2,3,4)/q+3;;;;/p-5. The summed E-state index contributed by atoms with van der Waals surface area (Å²) in [6, 6.07) is 0. The molecule has 0 radical (unpaired) electrons. The van der Waals surface area contributed by atoms with E-state index in [1.54, 1.807) is 0 Å². The Labute approximate surface area is 82.3 Å². The Morgan fingerprint density at radius 2 is 0.889 bits per heavy atom. The molecule has 9 heteroatoms. The summed E-state index contributed by atoms with van der Waals surface area (Å²) in [5.41, 5.74) is 0. The van der Waals surface area contributed by atoms with Crippen molar-refractivity contribution >= 4 is 27.8 Å². The maximum Gasteiger partial charge on any atom is 3.00 e. The van der Waals surface area contributed by atoms with Gasteiger partial charge in [-0.3, -0.25) is 8.42 Å². The molecule has 0 fully saturated rings. The second-order valence-corrected chi connectivity index (χ2v) is 1.22. The molecule has 0 aromatic heterocycles. The predicted octanol–water partition coefficient (Wildman–Crippen LogP) is -10.7. The van der Waals surface area contributed by atoms with Gasteiger partial charge in [-0.2, -0.15) is 0 Å². The van der Waals surface area contributed by atoms with Gasteiger partial charge < -0.3 is 46.3 Å². The first-order valence-corrected chi connectivity index (χ1v) is 2.00. The van der Waals surface area contributed by atoms with Gasteiger partial charge in [0.05, 0.1) is 0 Å². The van der Waals surface area contributed by atoms with Crippen LogP contribution in [0.2, 0.25) is 0 Å². The van der Waals surface area contributed by atoms with Crippen molar-refractivity contribution in [2.45, 2.75) is 0 Å². The molecular weight excluding hydrogens is 229 g/mol. The minimum atomic E-state index is -5.17. The molecule has 4 nitrogen and oxygen atoms in total. The van der Waals surface area contributed by atoms with Gasteiger partial charge in [0.25, 0.3) is 0 Å². The maximum atomic E-state index is 8.52. The molecule has 0 aliphatic carbocycles. The summed E-state index contributed by atoms with van der Waals surface area (Å²) in [4.78, 5) is 0. The van der Waals surface area contributed by atoms with Crippen LogP contribution in [0, 0.1) is 0 Å². The van der Waals surface area contributed by atoms with Crippen molar-refractivity contribution in [1.82, 2.24) is 0 Å².